The van der Waals surface area contributed by atoms with E-state index in [9.17, 15) is 14.4 Å². The number of benzene rings is 4. The quantitative estimate of drug-likeness (QED) is 0.112. The molecular formula is C43H46N4O5. The normalized spacial score (nSPS) is 14.0. The molecule has 9 heteroatoms. The molecule has 1 aliphatic carbocycles. The summed E-state index contributed by atoms with van der Waals surface area (Å²) >= 11 is 0. The SMILES string of the molecule is CCC(NC(=O)c1ccc2c(c1)nc(-c1ccc(OCc3cc(C)ccc3C)cc1C)n2C1CCCCC1)C(=O)Nc1ccc(/C=C/C(=O)O)cc1. The predicted octanol–water partition coefficient (Wildman–Crippen LogP) is 8.96. The fourth-order valence-corrected chi connectivity index (χ4v) is 6.90. The van der Waals surface area contributed by atoms with Crippen LogP contribution in [0.5, 0.6) is 5.75 Å². The maximum Gasteiger partial charge on any atom is 0.328 e. The number of nitrogens with zero attached hydrogens (tertiary/aromatic N) is 2. The Kier molecular flexibility index (Phi) is 11.2. The van der Waals surface area contributed by atoms with Crippen molar-refractivity contribution in [3.8, 4) is 17.1 Å². The molecule has 0 radical (unpaired) electrons. The predicted molar refractivity (Wildman–Crippen MR) is 206 cm³/mol. The molecule has 1 heterocycles. The Morgan fingerprint density at radius 3 is 2.40 bits per heavy atom. The van der Waals surface area contributed by atoms with Crippen LogP contribution in [0.4, 0.5) is 5.69 Å². The number of imidazole rings is 1. The Balaban J connectivity index is 1.22. The molecule has 5 aromatic rings. The average molecular weight is 699 g/mol. The van der Waals surface area contributed by atoms with E-state index in [0.717, 1.165) is 52.7 Å². The molecule has 1 aliphatic rings. The molecule has 1 atom stereocenters. The number of anilines is 1. The summed E-state index contributed by atoms with van der Waals surface area (Å²) in [6.45, 7) is 8.62. The van der Waals surface area contributed by atoms with Crippen molar-refractivity contribution in [2.24, 2.45) is 0 Å². The highest BCUT2D eigenvalue weighted by molar-refractivity contribution is 6.02. The molecule has 2 amide bonds. The molecule has 1 unspecified atom stereocenters. The zero-order chi connectivity index (χ0) is 36.8. The molecule has 52 heavy (non-hydrogen) atoms. The van der Waals surface area contributed by atoms with E-state index in [-0.39, 0.29) is 11.8 Å². The lowest BCUT2D eigenvalue weighted by atomic mass is 9.94. The minimum Gasteiger partial charge on any atom is -0.489 e. The number of aryl methyl sites for hydroxylation is 3. The minimum atomic E-state index is -1.04. The highest BCUT2D eigenvalue weighted by atomic mass is 16.5. The molecule has 1 aromatic heterocycles. The number of carboxylic acids is 1. The Bertz CT molecular complexity index is 2130. The summed E-state index contributed by atoms with van der Waals surface area (Å²) in [7, 11) is 0. The molecular weight excluding hydrogens is 652 g/mol. The van der Waals surface area contributed by atoms with Crippen LogP contribution in [-0.4, -0.2) is 38.5 Å². The first kappa shape index (κ1) is 36.1. The second-order valence-corrected chi connectivity index (χ2v) is 13.7. The zero-order valence-electron chi connectivity index (χ0n) is 30.2. The summed E-state index contributed by atoms with van der Waals surface area (Å²) in [5, 5.41) is 14.6. The van der Waals surface area contributed by atoms with Gasteiger partial charge in [-0.25, -0.2) is 9.78 Å². The lowest BCUT2D eigenvalue weighted by Crippen LogP contribution is -2.43. The number of aromatic nitrogens is 2. The summed E-state index contributed by atoms with van der Waals surface area (Å²) in [6, 6.07) is 24.5. The number of carbonyl (C=O) groups is 3. The molecule has 9 nitrogen and oxygen atoms in total. The molecule has 3 N–H and O–H groups in total. The summed E-state index contributed by atoms with van der Waals surface area (Å²) in [4.78, 5) is 42.7. The second kappa shape index (κ2) is 16.1. The lowest BCUT2D eigenvalue weighted by Gasteiger charge is -2.26. The van der Waals surface area contributed by atoms with Crippen molar-refractivity contribution in [2.75, 3.05) is 5.32 Å². The van der Waals surface area contributed by atoms with Gasteiger partial charge in [0, 0.05) is 28.9 Å². The average Bonchev–Trinajstić information content (AvgIpc) is 3.52. The Labute approximate surface area is 304 Å². The van der Waals surface area contributed by atoms with Gasteiger partial charge >= 0.3 is 5.97 Å². The number of rotatable bonds is 12. The fourth-order valence-electron chi connectivity index (χ4n) is 6.90. The maximum absolute atomic E-state index is 13.5. The first-order valence-electron chi connectivity index (χ1n) is 18.0. The fraction of sp³-hybridized carbons (Fsp3) is 0.302. The number of carboxylic acid groups (broad SMARTS) is 1. The number of ether oxygens (including phenoxy) is 1. The number of hydrogen-bond donors (Lipinski definition) is 3. The molecule has 0 saturated heterocycles. The second-order valence-electron chi connectivity index (χ2n) is 13.7. The summed E-state index contributed by atoms with van der Waals surface area (Å²) in [5.41, 5.74) is 9.06. The van der Waals surface area contributed by atoms with Gasteiger partial charge in [0.2, 0.25) is 5.91 Å². The highest BCUT2D eigenvalue weighted by Crippen LogP contribution is 2.38. The number of nitrogens with one attached hydrogen (secondary N) is 2. The van der Waals surface area contributed by atoms with Crippen LogP contribution in [0.1, 0.15) is 89.7 Å². The maximum atomic E-state index is 13.5. The molecule has 1 saturated carbocycles. The number of hydrogen-bond acceptors (Lipinski definition) is 5. The van der Waals surface area contributed by atoms with Gasteiger partial charge in [-0.1, -0.05) is 62.1 Å². The zero-order valence-corrected chi connectivity index (χ0v) is 30.2. The Hall–Kier alpha value is -5.70. The topological polar surface area (TPSA) is 123 Å². The summed E-state index contributed by atoms with van der Waals surface area (Å²) < 4.78 is 8.60. The summed E-state index contributed by atoms with van der Waals surface area (Å²) in [6.07, 6.45) is 8.64. The van der Waals surface area contributed by atoms with E-state index in [4.69, 9.17) is 14.8 Å². The number of carbonyl (C=O) groups excluding carboxylic acids is 2. The molecule has 0 spiro atoms. The van der Waals surface area contributed by atoms with Gasteiger partial charge in [-0.2, -0.15) is 0 Å². The van der Waals surface area contributed by atoms with E-state index in [1.54, 1.807) is 24.3 Å². The monoisotopic (exact) mass is 698 g/mol. The van der Waals surface area contributed by atoms with Crippen LogP contribution in [0.2, 0.25) is 0 Å². The van der Waals surface area contributed by atoms with E-state index in [2.05, 4.69) is 66.3 Å². The van der Waals surface area contributed by atoms with Gasteiger partial charge in [-0.3, -0.25) is 9.59 Å². The molecule has 6 rings (SSSR count). The van der Waals surface area contributed by atoms with Crippen molar-refractivity contribution >= 4 is 40.6 Å². The van der Waals surface area contributed by atoms with Crippen LogP contribution in [0.3, 0.4) is 0 Å². The standard InChI is InChI=1S/C43H46N4O5/c1-5-37(43(51)44-33-17-13-30(14-18-33)15-22-40(48)49)46-42(50)31-16-21-39-38(25-31)45-41(47(39)34-9-7-6-8-10-34)36-20-19-35(24-29(36)4)52-26-32-23-27(2)11-12-28(32)3/h11-25,34,37H,5-10,26H2,1-4H3,(H,44,51)(H,46,50)(H,48,49)/b22-15+. The van der Waals surface area contributed by atoms with Crippen LogP contribution in [-0.2, 0) is 16.2 Å². The number of amides is 2. The van der Waals surface area contributed by atoms with Gasteiger partial charge in [0.05, 0.1) is 11.0 Å². The summed E-state index contributed by atoms with van der Waals surface area (Å²) in [5.74, 6) is -0.0409. The van der Waals surface area contributed by atoms with Crippen molar-refractivity contribution < 1.29 is 24.2 Å². The Morgan fingerprint density at radius 1 is 0.923 bits per heavy atom. The van der Waals surface area contributed by atoms with Crippen molar-refractivity contribution in [1.29, 1.82) is 0 Å². The van der Waals surface area contributed by atoms with E-state index in [1.807, 2.05) is 31.2 Å². The van der Waals surface area contributed by atoms with Gasteiger partial charge in [-0.05, 0) is 117 Å². The molecule has 268 valence electrons. The van der Waals surface area contributed by atoms with Gasteiger partial charge in [-0.15, -0.1) is 0 Å². The highest BCUT2D eigenvalue weighted by Gasteiger charge is 2.25. The van der Waals surface area contributed by atoms with E-state index >= 15 is 0 Å². The van der Waals surface area contributed by atoms with Crippen LogP contribution < -0.4 is 15.4 Å². The first-order valence-corrected chi connectivity index (χ1v) is 18.0. The van der Waals surface area contributed by atoms with Crippen LogP contribution in [0.15, 0.2) is 84.9 Å². The molecule has 0 bridgehead atoms. The minimum absolute atomic E-state index is 0.309. The van der Waals surface area contributed by atoms with Crippen LogP contribution >= 0.6 is 0 Å². The van der Waals surface area contributed by atoms with Crippen molar-refractivity contribution in [2.45, 2.75) is 84.9 Å². The van der Waals surface area contributed by atoms with Gasteiger partial charge in [0.1, 0.15) is 24.2 Å². The molecule has 4 aromatic carbocycles. The molecule has 0 aliphatic heterocycles. The molecule has 1 fully saturated rings. The third-order valence-corrected chi connectivity index (χ3v) is 9.86. The third kappa shape index (κ3) is 8.42. The van der Waals surface area contributed by atoms with Crippen molar-refractivity contribution in [1.82, 2.24) is 14.9 Å². The number of fused-ring (bicyclic) bond motifs is 1. The van der Waals surface area contributed by atoms with E-state index in [0.29, 0.717) is 35.9 Å². The van der Waals surface area contributed by atoms with Crippen molar-refractivity contribution in [3.05, 3.63) is 118 Å². The van der Waals surface area contributed by atoms with E-state index < -0.39 is 12.0 Å². The van der Waals surface area contributed by atoms with Gasteiger partial charge in [0.25, 0.3) is 5.91 Å². The lowest BCUT2D eigenvalue weighted by molar-refractivity contribution is -0.131. The van der Waals surface area contributed by atoms with Gasteiger partial charge in [0.15, 0.2) is 0 Å². The van der Waals surface area contributed by atoms with Crippen molar-refractivity contribution in [3.63, 3.8) is 0 Å². The smallest absolute Gasteiger partial charge is 0.328 e. The Morgan fingerprint density at radius 2 is 1.69 bits per heavy atom. The third-order valence-electron chi connectivity index (χ3n) is 9.86. The largest absolute Gasteiger partial charge is 0.489 e. The first-order chi connectivity index (χ1) is 25.1. The number of aliphatic carboxylic acids is 1. The van der Waals surface area contributed by atoms with E-state index in [1.165, 1.54) is 42.0 Å². The van der Waals surface area contributed by atoms with Gasteiger partial charge < -0.3 is 25.0 Å². The van der Waals surface area contributed by atoms with Crippen LogP contribution in [0.25, 0.3) is 28.5 Å². The van der Waals surface area contributed by atoms with Crippen LogP contribution in [0, 0.1) is 20.8 Å².